The van der Waals surface area contributed by atoms with Crippen LogP contribution in [0.1, 0.15) is 76.0 Å². The lowest BCUT2D eigenvalue weighted by Gasteiger charge is -2.30. The van der Waals surface area contributed by atoms with Gasteiger partial charge in [-0.1, -0.05) is 37.8 Å². The number of nitrogens with two attached hydrogens (primary N) is 1. The molecule has 0 amide bonds. The van der Waals surface area contributed by atoms with Crippen LogP contribution in [-0.4, -0.2) is 68.1 Å². The summed E-state index contributed by atoms with van der Waals surface area (Å²) >= 11 is 0. The average molecular weight is 636 g/mol. The molecule has 7 atom stereocenters. The minimum atomic E-state index is -0.979. The summed E-state index contributed by atoms with van der Waals surface area (Å²) in [6.07, 6.45) is 10.1. The molecule has 4 rings (SSSR count). The summed E-state index contributed by atoms with van der Waals surface area (Å²) in [7, 11) is 0. The van der Waals surface area contributed by atoms with Gasteiger partial charge in [0.15, 0.2) is 11.5 Å². The van der Waals surface area contributed by atoms with Crippen molar-refractivity contribution in [3.63, 3.8) is 0 Å². The smallest absolute Gasteiger partial charge is 0.161 e. The summed E-state index contributed by atoms with van der Waals surface area (Å²) in [5, 5.41) is 56.7. The van der Waals surface area contributed by atoms with Gasteiger partial charge < -0.3 is 46.3 Å². The number of benzene rings is 1. The molecule has 2 aliphatic rings. The lowest BCUT2D eigenvalue weighted by atomic mass is 9.85. The SMILES string of the molecule is CCC1C#CCC(C(O)CCc2ccc(O)c(OC(CC(Cc3ccc[nH]3)C3=CCNC(N)=C3)C(O)CCO)c2)C(O)CCCC1. The van der Waals surface area contributed by atoms with Gasteiger partial charge in [0, 0.05) is 49.7 Å². The second kappa shape index (κ2) is 18.1. The van der Waals surface area contributed by atoms with E-state index in [1.165, 1.54) is 0 Å². The molecule has 0 fully saturated rings. The Labute approximate surface area is 273 Å². The fourth-order valence-electron chi connectivity index (χ4n) is 6.53. The van der Waals surface area contributed by atoms with E-state index in [0.29, 0.717) is 56.8 Å². The Kier molecular flexibility index (Phi) is 13.9. The van der Waals surface area contributed by atoms with Crippen molar-refractivity contribution in [2.24, 2.45) is 23.5 Å². The fraction of sp³-hybridized carbons (Fsp3) is 0.568. The zero-order valence-electron chi connectivity index (χ0n) is 27.1. The number of aliphatic hydroxyl groups excluding tert-OH is 4. The number of H-pyrrole nitrogens is 1. The van der Waals surface area contributed by atoms with E-state index in [1.807, 2.05) is 24.4 Å². The molecule has 0 radical (unpaired) electrons. The molecule has 1 aromatic heterocycles. The van der Waals surface area contributed by atoms with Gasteiger partial charge in [-0.05, 0) is 92.3 Å². The number of rotatable bonds is 15. The molecule has 0 saturated carbocycles. The number of aryl methyl sites for hydroxylation is 1. The van der Waals surface area contributed by atoms with Gasteiger partial charge in [-0.25, -0.2) is 0 Å². The molecule has 252 valence electrons. The van der Waals surface area contributed by atoms with Gasteiger partial charge in [0.1, 0.15) is 6.10 Å². The third-order valence-electron chi connectivity index (χ3n) is 9.40. The number of dihydropyridines is 1. The minimum Gasteiger partial charge on any atom is -0.504 e. The highest BCUT2D eigenvalue weighted by Crippen LogP contribution is 2.33. The molecule has 0 spiro atoms. The van der Waals surface area contributed by atoms with Crippen molar-refractivity contribution in [3.05, 3.63) is 71.3 Å². The van der Waals surface area contributed by atoms with E-state index in [-0.39, 0.29) is 36.4 Å². The topological polar surface area (TPSA) is 164 Å². The highest BCUT2D eigenvalue weighted by atomic mass is 16.5. The van der Waals surface area contributed by atoms with Crippen molar-refractivity contribution in [1.29, 1.82) is 0 Å². The highest BCUT2D eigenvalue weighted by Gasteiger charge is 2.29. The van der Waals surface area contributed by atoms with E-state index in [2.05, 4.69) is 35.1 Å². The predicted octanol–water partition coefficient (Wildman–Crippen LogP) is 4.05. The van der Waals surface area contributed by atoms with Gasteiger partial charge in [0.25, 0.3) is 0 Å². The van der Waals surface area contributed by atoms with Crippen LogP contribution in [0.5, 0.6) is 11.5 Å². The third kappa shape index (κ3) is 10.6. The van der Waals surface area contributed by atoms with Crippen molar-refractivity contribution >= 4 is 0 Å². The lowest BCUT2D eigenvalue weighted by Crippen LogP contribution is -2.36. The van der Waals surface area contributed by atoms with Gasteiger partial charge >= 0.3 is 0 Å². The normalized spacial score (nSPS) is 23.0. The molecule has 46 heavy (non-hydrogen) atoms. The standard InChI is InChI=1S/C37H53N3O6/c1-2-25-7-3-4-11-31(42)30(10-5-8-25)32(43)14-12-26-13-15-33(44)35(21-26)46-36(34(45)17-20-41)23-28(22-29-9-6-18-39-29)27-16-19-40-37(38)24-27/h6,9,13,15-16,18,21,24-25,28,30-32,34,36,39-45H,2-4,7,10-12,14,17,19-20,22-23,38H2,1H3. The number of ether oxygens (including phenoxy) is 1. The number of hydrogen-bond acceptors (Lipinski definition) is 8. The first-order valence-corrected chi connectivity index (χ1v) is 16.9. The van der Waals surface area contributed by atoms with Crippen LogP contribution in [0.4, 0.5) is 0 Å². The van der Waals surface area contributed by atoms with Gasteiger partial charge in [0.2, 0.25) is 0 Å². The molecule has 2 heterocycles. The molecule has 9 N–H and O–H groups in total. The summed E-state index contributed by atoms with van der Waals surface area (Å²) in [4.78, 5) is 3.26. The van der Waals surface area contributed by atoms with Crippen LogP contribution >= 0.6 is 0 Å². The number of phenolic OH excluding ortho intramolecular Hbond substituents is 1. The van der Waals surface area contributed by atoms with Gasteiger partial charge in [-0.3, -0.25) is 0 Å². The number of allylic oxidation sites excluding steroid dienone is 2. The van der Waals surface area contributed by atoms with Crippen molar-refractivity contribution in [3.8, 4) is 23.3 Å². The maximum Gasteiger partial charge on any atom is 0.161 e. The Morgan fingerprint density at radius 1 is 1.13 bits per heavy atom. The fourth-order valence-corrected chi connectivity index (χ4v) is 6.53. The zero-order valence-corrected chi connectivity index (χ0v) is 27.1. The molecular formula is C37H53N3O6. The number of aromatic amines is 1. The largest absolute Gasteiger partial charge is 0.504 e. The molecule has 2 aromatic rings. The Morgan fingerprint density at radius 3 is 2.70 bits per heavy atom. The minimum absolute atomic E-state index is 0.0554. The Hall–Kier alpha value is -3.42. The molecule has 7 unspecified atom stereocenters. The van der Waals surface area contributed by atoms with Crippen LogP contribution in [0.2, 0.25) is 0 Å². The van der Waals surface area contributed by atoms with Gasteiger partial charge in [-0.2, -0.15) is 0 Å². The summed E-state index contributed by atoms with van der Waals surface area (Å²) in [5.74, 6) is 7.34. The zero-order chi connectivity index (χ0) is 32.9. The quantitative estimate of drug-likeness (QED) is 0.136. The summed E-state index contributed by atoms with van der Waals surface area (Å²) in [5.41, 5.74) is 9.01. The Morgan fingerprint density at radius 2 is 1.96 bits per heavy atom. The molecule has 1 aromatic carbocycles. The number of nitrogens with one attached hydrogen (secondary N) is 2. The number of phenols is 1. The molecule has 0 bridgehead atoms. The Bertz CT molecular complexity index is 1330. The van der Waals surface area contributed by atoms with Crippen molar-refractivity contribution < 1.29 is 30.3 Å². The second-order valence-electron chi connectivity index (χ2n) is 12.8. The second-order valence-corrected chi connectivity index (χ2v) is 12.8. The lowest BCUT2D eigenvalue weighted by molar-refractivity contribution is 0.00547. The molecule has 1 aliphatic carbocycles. The number of aromatic nitrogens is 1. The van der Waals surface area contributed by atoms with Crippen LogP contribution in [0, 0.1) is 29.6 Å². The van der Waals surface area contributed by atoms with E-state index < -0.39 is 24.4 Å². The number of aliphatic hydroxyl groups is 4. The maximum absolute atomic E-state index is 11.2. The van der Waals surface area contributed by atoms with Gasteiger partial charge in [0.05, 0.1) is 24.1 Å². The first-order chi connectivity index (χ1) is 22.3. The van der Waals surface area contributed by atoms with Crippen LogP contribution in [0.15, 0.2) is 60.1 Å². The molecule has 9 heteroatoms. The van der Waals surface area contributed by atoms with Crippen LogP contribution in [0.25, 0.3) is 0 Å². The van der Waals surface area contributed by atoms with Gasteiger partial charge in [-0.15, -0.1) is 5.92 Å². The van der Waals surface area contributed by atoms with E-state index in [9.17, 15) is 25.5 Å². The first-order valence-electron chi connectivity index (χ1n) is 16.9. The van der Waals surface area contributed by atoms with E-state index >= 15 is 0 Å². The third-order valence-corrected chi connectivity index (χ3v) is 9.40. The average Bonchev–Trinajstić information content (AvgIpc) is 3.56. The molecule has 9 nitrogen and oxygen atoms in total. The van der Waals surface area contributed by atoms with Crippen molar-refractivity contribution in [2.75, 3.05) is 13.2 Å². The van der Waals surface area contributed by atoms with Crippen LogP contribution in [0.3, 0.4) is 0 Å². The Balaban J connectivity index is 1.48. The van der Waals surface area contributed by atoms with E-state index in [4.69, 9.17) is 10.5 Å². The summed E-state index contributed by atoms with van der Waals surface area (Å²) < 4.78 is 6.35. The van der Waals surface area contributed by atoms with Crippen molar-refractivity contribution in [1.82, 2.24) is 10.3 Å². The number of hydrogen-bond donors (Lipinski definition) is 8. The van der Waals surface area contributed by atoms with E-state index in [0.717, 1.165) is 42.5 Å². The molecule has 0 saturated heterocycles. The molecule has 1 aliphatic heterocycles. The highest BCUT2D eigenvalue weighted by molar-refractivity contribution is 5.42. The summed E-state index contributed by atoms with van der Waals surface area (Å²) in [6.45, 7) is 2.54. The maximum atomic E-state index is 11.2. The van der Waals surface area contributed by atoms with Crippen molar-refractivity contribution in [2.45, 2.75) is 102 Å². The predicted molar refractivity (Wildman–Crippen MR) is 180 cm³/mol. The molecular weight excluding hydrogens is 582 g/mol. The number of aromatic hydroxyl groups is 1. The van der Waals surface area contributed by atoms with Crippen LogP contribution < -0.4 is 15.8 Å². The van der Waals surface area contributed by atoms with E-state index in [1.54, 1.807) is 18.2 Å². The summed E-state index contributed by atoms with van der Waals surface area (Å²) in [6, 6.07) is 9.07. The first kappa shape index (κ1) is 35.4. The monoisotopic (exact) mass is 635 g/mol. The van der Waals surface area contributed by atoms with Crippen LogP contribution in [-0.2, 0) is 12.8 Å².